The van der Waals surface area contributed by atoms with Gasteiger partial charge in [-0.2, -0.15) is 4.37 Å². The summed E-state index contributed by atoms with van der Waals surface area (Å²) in [5.74, 6) is 0.218. The van der Waals surface area contributed by atoms with Gasteiger partial charge in [-0.1, -0.05) is 41.2 Å². The van der Waals surface area contributed by atoms with Crippen molar-refractivity contribution in [2.75, 3.05) is 17.3 Å². The molecule has 1 N–H and O–H groups in total. The van der Waals surface area contributed by atoms with Crippen molar-refractivity contribution in [1.82, 2.24) is 9.36 Å². The quantitative estimate of drug-likeness (QED) is 0.831. The van der Waals surface area contributed by atoms with Crippen molar-refractivity contribution in [3.63, 3.8) is 0 Å². The number of halogens is 1. The highest BCUT2D eigenvalue weighted by molar-refractivity contribution is 8.01. The van der Waals surface area contributed by atoms with Gasteiger partial charge < -0.3 is 5.32 Å². The Labute approximate surface area is 134 Å². The van der Waals surface area contributed by atoms with Crippen molar-refractivity contribution in [2.24, 2.45) is 0 Å². The van der Waals surface area contributed by atoms with E-state index in [2.05, 4.69) is 14.7 Å². The lowest BCUT2D eigenvalue weighted by molar-refractivity contribution is -0.113. The van der Waals surface area contributed by atoms with Crippen molar-refractivity contribution in [1.29, 1.82) is 0 Å². The minimum absolute atomic E-state index is 0.0822. The van der Waals surface area contributed by atoms with Gasteiger partial charge >= 0.3 is 0 Å². The van der Waals surface area contributed by atoms with Gasteiger partial charge in [0.05, 0.1) is 5.75 Å². The maximum atomic E-state index is 11.9. The fraction of sp³-hybridized carbons (Fsp3) is 0.250. The van der Waals surface area contributed by atoms with Gasteiger partial charge in [0, 0.05) is 10.7 Å². The van der Waals surface area contributed by atoms with Crippen molar-refractivity contribution < 1.29 is 4.79 Å². The molecular weight excluding hydrogens is 334 g/mol. The number of rotatable bonds is 5. The topological polar surface area (TPSA) is 54.9 Å². The number of anilines is 1. The number of benzene rings is 1. The Morgan fingerprint density at radius 3 is 3.00 bits per heavy atom. The second-order valence-corrected chi connectivity index (χ2v) is 6.95. The van der Waals surface area contributed by atoms with Crippen LogP contribution in [0.2, 0.25) is 5.02 Å². The molecule has 0 aliphatic rings. The van der Waals surface area contributed by atoms with Gasteiger partial charge in [0.15, 0.2) is 4.34 Å². The Bertz CT molecular complexity index is 618. The van der Waals surface area contributed by atoms with Crippen molar-refractivity contribution in [3.8, 4) is 0 Å². The summed E-state index contributed by atoms with van der Waals surface area (Å²) >= 11 is 10.2. The van der Waals surface area contributed by atoms with Gasteiger partial charge in [-0.25, -0.2) is 4.98 Å². The third kappa shape index (κ3) is 4.12. The maximum Gasteiger partial charge on any atom is 0.234 e. The number of thioether (sulfide) groups is 2. The molecule has 4 nitrogen and oxygen atoms in total. The number of carbonyl (C=O) groups excluding carboxylic acids is 1. The number of amides is 1. The van der Waals surface area contributed by atoms with E-state index in [-0.39, 0.29) is 5.91 Å². The first kappa shape index (κ1) is 15.6. The fourth-order valence-corrected chi connectivity index (χ4v) is 3.58. The van der Waals surface area contributed by atoms with Crippen LogP contribution in [-0.4, -0.2) is 27.3 Å². The van der Waals surface area contributed by atoms with Crippen LogP contribution in [0.25, 0.3) is 0 Å². The normalized spacial score (nSPS) is 10.6. The zero-order valence-corrected chi connectivity index (χ0v) is 14.0. The average molecular weight is 346 g/mol. The summed E-state index contributed by atoms with van der Waals surface area (Å²) in [5.41, 5.74) is 1.61. The van der Waals surface area contributed by atoms with Crippen LogP contribution in [0.3, 0.4) is 0 Å². The van der Waals surface area contributed by atoms with E-state index in [9.17, 15) is 4.79 Å². The average Bonchev–Trinajstić information content (AvgIpc) is 2.90. The molecule has 0 fully saturated rings. The number of hydrogen-bond acceptors (Lipinski definition) is 6. The molecule has 0 unspecified atom stereocenters. The van der Waals surface area contributed by atoms with Crippen LogP contribution >= 0.6 is 46.7 Å². The molecule has 2 aromatic rings. The molecule has 1 aromatic heterocycles. The van der Waals surface area contributed by atoms with Crippen LogP contribution in [0.4, 0.5) is 5.69 Å². The summed E-state index contributed by atoms with van der Waals surface area (Å²) in [4.78, 5) is 16.2. The lowest BCUT2D eigenvalue weighted by atomic mass is 10.2. The minimum atomic E-state index is -0.0822. The Morgan fingerprint density at radius 2 is 2.30 bits per heavy atom. The molecule has 1 heterocycles. The first-order chi connectivity index (χ1) is 9.60. The van der Waals surface area contributed by atoms with Gasteiger partial charge in [0.2, 0.25) is 11.1 Å². The molecule has 0 radical (unpaired) electrons. The summed E-state index contributed by atoms with van der Waals surface area (Å²) in [5, 5.41) is 4.23. The van der Waals surface area contributed by atoms with Gasteiger partial charge in [-0.15, -0.1) is 0 Å². The summed E-state index contributed by atoms with van der Waals surface area (Å²) < 4.78 is 4.94. The molecule has 0 atom stereocenters. The van der Waals surface area contributed by atoms with Gasteiger partial charge in [-0.3, -0.25) is 4.79 Å². The number of nitrogens with zero attached hydrogens (tertiary/aromatic N) is 2. The van der Waals surface area contributed by atoms with E-state index in [1.165, 1.54) is 35.1 Å². The molecule has 20 heavy (non-hydrogen) atoms. The zero-order valence-electron chi connectivity index (χ0n) is 10.8. The highest BCUT2D eigenvalue weighted by Crippen LogP contribution is 2.25. The molecule has 0 aliphatic heterocycles. The van der Waals surface area contributed by atoms with Gasteiger partial charge in [0.1, 0.15) is 0 Å². The standard InChI is InChI=1S/C12H12ClN3OS3/c1-7-8(13)4-3-5-9(7)14-10(17)6-19-12-15-11(18-2)16-20-12/h3-5H,6H2,1-2H3,(H,14,17). The van der Waals surface area contributed by atoms with Crippen LogP contribution in [0.1, 0.15) is 5.56 Å². The van der Waals surface area contributed by atoms with Crippen LogP contribution < -0.4 is 5.32 Å². The minimum Gasteiger partial charge on any atom is -0.325 e. The summed E-state index contributed by atoms with van der Waals surface area (Å²) in [6.07, 6.45) is 1.92. The third-order valence-corrected chi connectivity index (χ3v) is 5.35. The summed E-state index contributed by atoms with van der Waals surface area (Å²) in [6, 6.07) is 5.45. The highest BCUT2D eigenvalue weighted by atomic mass is 35.5. The second-order valence-electron chi connectivity index (χ2n) is 3.80. The Morgan fingerprint density at radius 1 is 1.50 bits per heavy atom. The first-order valence-corrected chi connectivity index (χ1v) is 9.02. The SMILES string of the molecule is CSc1nsc(SCC(=O)Nc2cccc(Cl)c2C)n1. The maximum absolute atomic E-state index is 11.9. The Hall–Kier alpha value is -0.760. The highest BCUT2D eigenvalue weighted by Gasteiger charge is 2.09. The molecule has 106 valence electrons. The van der Waals surface area contributed by atoms with E-state index in [0.29, 0.717) is 10.8 Å². The van der Waals surface area contributed by atoms with Crippen molar-refractivity contribution >= 4 is 58.3 Å². The lowest BCUT2D eigenvalue weighted by Gasteiger charge is -2.08. The Kier molecular flexibility index (Phi) is 5.71. The summed E-state index contributed by atoms with van der Waals surface area (Å²) in [6.45, 7) is 1.88. The molecule has 0 saturated heterocycles. The van der Waals surface area contributed by atoms with E-state index in [1.807, 2.05) is 25.3 Å². The number of hydrogen-bond donors (Lipinski definition) is 1. The van der Waals surface area contributed by atoms with E-state index in [4.69, 9.17) is 11.6 Å². The molecule has 1 aromatic carbocycles. The van der Waals surface area contributed by atoms with Crippen LogP contribution in [0.5, 0.6) is 0 Å². The number of aromatic nitrogens is 2. The predicted octanol–water partition coefficient (Wildman–Crippen LogP) is 3.95. The van der Waals surface area contributed by atoms with Gasteiger partial charge in [-0.05, 0) is 42.4 Å². The molecule has 0 spiro atoms. The van der Waals surface area contributed by atoms with Crippen LogP contribution in [0.15, 0.2) is 27.7 Å². The van der Waals surface area contributed by atoms with Crippen LogP contribution in [-0.2, 0) is 4.79 Å². The largest absolute Gasteiger partial charge is 0.325 e. The van der Waals surface area contributed by atoms with E-state index < -0.39 is 0 Å². The van der Waals surface area contributed by atoms with Crippen LogP contribution in [0, 0.1) is 6.92 Å². The van der Waals surface area contributed by atoms with E-state index in [1.54, 1.807) is 6.07 Å². The molecule has 2 rings (SSSR count). The van der Waals surface area contributed by atoms with E-state index >= 15 is 0 Å². The molecule has 0 saturated carbocycles. The molecule has 8 heteroatoms. The van der Waals surface area contributed by atoms with Crippen molar-refractivity contribution in [3.05, 3.63) is 28.8 Å². The molecule has 1 amide bonds. The monoisotopic (exact) mass is 345 g/mol. The molecular formula is C12H12ClN3OS3. The number of nitrogens with one attached hydrogen (secondary N) is 1. The van der Waals surface area contributed by atoms with Crippen molar-refractivity contribution in [2.45, 2.75) is 16.4 Å². The Balaban J connectivity index is 1.91. The smallest absolute Gasteiger partial charge is 0.234 e. The second kappa shape index (κ2) is 7.31. The van der Waals surface area contributed by atoms with E-state index in [0.717, 1.165) is 20.7 Å². The fourth-order valence-electron chi connectivity index (χ4n) is 1.40. The predicted molar refractivity (Wildman–Crippen MR) is 87.2 cm³/mol. The lowest BCUT2D eigenvalue weighted by Crippen LogP contribution is -2.14. The number of carbonyl (C=O) groups is 1. The third-order valence-electron chi connectivity index (χ3n) is 2.44. The van der Waals surface area contributed by atoms with Gasteiger partial charge in [0.25, 0.3) is 0 Å². The first-order valence-electron chi connectivity index (χ1n) is 5.65. The molecule has 0 bridgehead atoms. The molecule has 0 aliphatic carbocycles. The summed E-state index contributed by atoms with van der Waals surface area (Å²) in [7, 11) is 0. The zero-order chi connectivity index (χ0) is 14.5.